The van der Waals surface area contributed by atoms with Gasteiger partial charge < -0.3 is 0 Å². The van der Waals surface area contributed by atoms with E-state index in [1.807, 2.05) is 18.5 Å². The molecule has 1 aromatic heterocycles. The van der Waals surface area contributed by atoms with Gasteiger partial charge in [-0.05, 0) is 98.6 Å². The van der Waals surface area contributed by atoms with Crippen LogP contribution in [0.3, 0.4) is 0 Å². The Morgan fingerprint density at radius 2 is 0.784 bits per heavy atom. The minimum Gasteiger partial charge on any atom is -0.264 e. The maximum Gasteiger partial charge on any atom is 0.0346 e. The van der Waals surface area contributed by atoms with Crippen molar-refractivity contribution in [3.63, 3.8) is 0 Å². The Balaban J connectivity index is 1.51. The quantitative estimate of drug-likeness (QED) is 0.213. The minimum absolute atomic E-state index is 1.07. The fourth-order valence-corrected chi connectivity index (χ4v) is 5.12. The van der Waals surface area contributed by atoms with E-state index in [2.05, 4.69) is 148 Å². The fourth-order valence-electron chi connectivity index (χ4n) is 4.72. The first-order valence-electron chi connectivity index (χ1n) is 12.3. The molecule has 2 heteroatoms. The topological polar surface area (TPSA) is 12.9 Å². The van der Waals surface area contributed by atoms with Crippen LogP contribution in [0.1, 0.15) is 0 Å². The number of halogens is 1. The van der Waals surface area contributed by atoms with Crippen LogP contribution >= 0.6 is 15.9 Å². The third kappa shape index (κ3) is 5.16. The zero-order valence-corrected chi connectivity index (χ0v) is 21.8. The molecule has 6 aromatic rings. The summed E-state index contributed by atoms with van der Waals surface area (Å²) in [6.07, 6.45) is 3.72. The predicted octanol–water partition coefficient (Wildman–Crippen LogP) is 10.2. The van der Waals surface area contributed by atoms with Crippen LogP contribution in [0.25, 0.3) is 55.6 Å². The van der Waals surface area contributed by atoms with Gasteiger partial charge in [-0.3, -0.25) is 4.98 Å². The Hall–Kier alpha value is -4.27. The lowest BCUT2D eigenvalue weighted by Gasteiger charge is -2.13. The minimum atomic E-state index is 1.07. The normalized spacial score (nSPS) is 10.8. The van der Waals surface area contributed by atoms with Crippen LogP contribution in [0, 0.1) is 0 Å². The van der Waals surface area contributed by atoms with Gasteiger partial charge in [-0.25, -0.2) is 0 Å². The second kappa shape index (κ2) is 10.4. The molecule has 0 spiro atoms. The first kappa shape index (κ1) is 23.1. The highest BCUT2D eigenvalue weighted by molar-refractivity contribution is 9.10. The molecule has 0 bridgehead atoms. The Kier molecular flexibility index (Phi) is 6.49. The summed E-state index contributed by atoms with van der Waals surface area (Å²) in [5.41, 5.74) is 11.8. The molecule has 0 aliphatic carbocycles. The van der Waals surface area contributed by atoms with E-state index in [1.54, 1.807) is 0 Å². The van der Waals surface area contributed by atoms with Gasteiger partial charge in [0.2, 0.25) is 0 Å². The lowest BCUT2D eigenvalue weighted by atomic mass is 9.91. The molecular formula is C35H24BrN. The fraction of sp³-hybridized carbons (Fsp3) is 0. The van der Waals surface area contributed by atoms with Crippen molar-refractivity contribution in [2.24, 2.45) is 0 Å². The van der Waals surface area contributed by atoms with Crippen LogP contribution < -0.4 is 0 Å². The molecule has 0 saturated heterocycles. The Bertz CT molecular complexity index is 1570. The van der Waals surface area contributed by atoms with E-state index < -0.39 is 0 Å². The highest BCUT2D eigenvalue weighted by Gasteiger charge is 2.10. The molecule has 37 heavy (non-hydrogen) atoms. The molecule has 1 nitrogen and oxygen atoms in total. The molecule has 5 aromatic carbocycles. The Labute approximate surface area is 226 Å². The predicted molar refractivity (Wildman–Crippen MR) is 159 cm³/mol. The second-order valence-electron chi connectivity index (χ2n) is 9.08. The first-order chi connectivity index (χ1) is 18.2. The van der Waals surface area contributed by atoms with E-state index in [4.69, 9.17) is 0 Å². The number of nitrogens with zero attached hydrogens (tertiary/aromatic N) is 1. The van der Waals surface area contributed by atoms with Crippen LogP contribution in [-0.2, 0) is 0 Å². The molecule has 0 N–H and O–H groups in total. The van der Waals surface area contributed by atoms with E-state index >= 15 is 0 Å². The molecule has 0 atom stereocenters. The van der Waals surface area contributed by atoms with Gasteiger partial charge in [-0.1, -0.05) is 101 Å². The standard InChI is InChI=1S/C35H24BrN/c36-35-16-6-14-30(23-35)34-21-32(28-12-4-10-26(18-28)25-8-2-1-3-9-25)20-33(22-34)29-13-5-11-27(19-29)31-15-7-17-37-24-31/h1-24H. The molecule has 176 valence electrons. The number of hydrogen-bond donors (Lipinski definition) is 0. The summed E-state index contributed by atoms with van der Waals surface area (Å²) in [6.45, 7) is 0. The summed E-state index contributed by atoms with van der Waals surface area (Å²) >= 11 is 3.65. The van der Waals surface area contributed by atoms with E-state index in [9.17, 15) is 0 Å². The SMILES string of the molecule is Brc1cccc(-c2cc(-c3cccc(-c4ccccc4)c3)cc(-c3cccc(-c4cccnc4)c3)c2)c1. The highest BCUT2D eigenvalue weighted by Crippen LogP contribution is 2.36. The van der Waals surface area contributed by atoms with E-state index in [0.717, 1.165) is 15.6 Å². The lowest BCUT2D eigenvalue weighted by molar-refractivity contribution is 1.33. The summed E-state index contributed by atoms with van der Waals surface area (Å²) in [5, 5.41) is 0. The maximum absolute atomic E-state index is 4.31. The summed E-state index contributed by atoms with van der Waals surface area (Å²) in [6, 6.07) is 47.5. The van der Waals surface area contributed by atoms with E-state index in [0.29, 0.717) is 0 Å². The molecule has 0 saturated carbocycles. The second-order valence-corrected chi connectivity index (χ2v) is 9.99. The van der Waals surface area contributed by atoms with Gasteiger partial charge in [0.25, 0.3) is 0 Å². The number of benzene rings is 5. The van der Waals surface area contributed by atoms with Crippen molar-refractivity contribution >= 4 is 15.9 Å². The average molecular weight is 538 g/mol. The van der Waals surface area contributed by atoms with Crippen LogP contribution in [0.5, 0.6) is 0 Å². The molecule has 0 amide bonds. The smallest absolute Gasteiger partial charge is 0.0346 e. The van der Waals surface area contributed by atoms with Crippen LogP contribution in [0.15, 0.2) is 150 Å². The van der Waals surface area contributed by atoms with E-state index in [-0.39, 0.29) is 0 Å². The molecule has 0 unspecified atom stereocenters. The number of rotatable bonds is 5. The Morgan fingerprint density at radius 1 is 0.351 bits per heavy atom. The first-order valence-corrected chi connectivity index (χ1v) is 13.1. The molecule has 0 fully saturated rings. The van der Waals surface area contributed by atoms with Gasteiger partial charge in [0, 0.05) is 22.4 Å². The largest absolute Gasteiger partial charge is 0.264 e. The number of aromatic nitrogens is 1. The molecule has 1 heterocycles. The third-order valence-electron chi connectivity index (χ3n) is 6.58. The number of hydrogen-bond acceptors (Lipinski definition) is 1. The molecular weight excluding hydrogens is 514 g/mol. The average Bonchev–Trinajstić information content (AvgIpc) is 2.98. The zero-order valence-electron chi connectivity index (χ0n) is 20.2. The van der Waals surface area contributed by atoms with Gasteiger partial charge in [0.15, 0.2) is 0 Å². The van der Waals surface area contributed by atoms with Gasteiger partial charge in [0.05, 0.1) is 0 Å². The molecule has 6 rings (SSSR count). The summed E-state index contributed by atoms with van der Waals surface area (Å²) in [5.74, 6) is 0. The van der Waals surface area contributed by atoms with Crippen molar-refractivity contribution < 1.29 is 0 Å². The highest BCUT2D eigenvalue weighted by atomic mass is 79.9. The van der Waals surface area contributed by atoms with Crippen molar-refractivity contribution in [1.29, 1.82) is 0 Å². The maximum atomic E-state index is 4.31. The summed E-state index contributed by atoms with van der Waals surface area (Å²) in [4.78, 5) is 4.31. The summed E-state index contributed by atoms with van der Waals surface area (Å²) in [7, 11) is 0. The van der Waals surface area contributed by atoms with Crippen LogP contribution in [0.2, 0.25) is 0 Å². The lowest BCUT2D eigenvalue weighted by Crippen LogP contribution is -1.88. The van der Waals surface area contributed by atoms with Crippen molar-refractivity contribution in [3.8, 4) is 55.6 Å². The van der Waals surface area contributed by atoms with Gasteiger partial charge in [-0.15, -0.1) is 0 Å². The molecule has 0 aliphatic heterocycles. The zero-order chi connectivity index (χ0) is 25.0. The van der Waals surface area contributed by atoms with Gasteiger partial charge in [0.1, 0.15) is 0 Å². The van der Waals surface area contributed by atoms with Crippen LogP contribution in [-0.4, -0.2) is 4.98 Å². The molecule has 0 aliphatic rings. The van der Waals surface area contributed by atoms with E-state index in [1.165, 1.54) is 44.5 Å². The van der Waals surface area contributed by atoms with Gasteiger partial charge in [-0.2, -0.15) is 0 Å². The van der Waals surface area contributed by atoms with Gasteiger partial charge >= 0.3 is 0 Å². The van der Waals surface area contributed by atoms with Crippen molar-refractivity contribution in [2.45, 2.75) is 0 Å². The van der Waals surface area contributed by atoms with Crippen LogP contribution in [0.4, 0.5) is 0 Å². The van der Waals surface area contributed by atoms with Crippen molar-refractivity contribution in [1.82, 2.24) is 4.98 Å². The number of pyridine rings is 1. The Morgan fingerprint density at radius 3 is 1.32 bits per heavy atom. The van der Waals surface area contributed by atoms with Crippen molar-refractivity contribution in [3.05, 3.63) is 150 Å². The summed E-state index contributed by atoms with van der Waals surface area (Å²) < 4.78 is 1.07. The monoisotopic (exact) mass is 537 g/mol. The molecule has 0 radical (unpaired) electrons. The third-order valence-corrected chi connectivity index (χ3v) is 7.08. The van der Waals surface area contributed by atoms with Crippen molar-refractivity contribution in [2.75, 3.05) is 0 Å².